The third-order valence-electron chi connectivity index (χ3n) is 4.00. The van der Waals surface area contributed by atoms with E-state index in [-0.39, 0.29) is 0 Å². The Bertz CT molecular complexity index is 423. The van der Waals surface area contributed by atoms with Crippen LogP contribution in [0.5, 0.6) is 0 Å². The number of nitrogens with zero attached hydrogens (tertiary/aromatic N) is 2. The molecule has 1 aliphatic carbocycles. The van der Waals surface area contributed by atoms with E-state index >= 15 is 0 Å². The van der Waals surface area contributed by atoms with Gasteiger partial charge in [0.1, 0.15) is 0 Å². The summed E-state index contributed by atoms with van der Waals surface area (Å²) in [5.41, 5.74) is 7.89. The molecule has 1 heterocycles. The molecule has 4 heteroatoms. The molecule has 3 nitrogen and oxygen atoms in total. The standard InChI is InChI=1S/C14H20ClN3/c15-14-9-13(2-1-11(14)10-16)18-7-5-17(6-8-18)12-3-4-12/h1-2,9,12H,3-8,10,16H2. The number of piperazine rings is 1. The van der Waals surface area contributed by atoms with Crippen LogP contribution in [0.3, 0.4) is 0 Å². The van der Waals surface area contributed by atoms with Crippen molar-refractivity contribution < 1.29 is 0 Å². The smallest absolute Gasteiger partial charge is 0.0471 e. The van der Waals surface area contributed by atoms with Crippen LogP contribution in [0.2, 0.25) is 5.02 Å². The van der Waals surface area contributed by atoms with Gasteiger partial charge in [-0.25, -0.2) is 0 Å². The minimum absolute atomic E-state index is 0.509. The summed E-state index contributed by atoms with van der Waals surface area (Å²) in [6, 6.07) is 7.12. The lowest BCUT2D eigenvalue weighted by molar-refractivity contribution is 0.248. The van der Waals surface area contributed by atoms with Crippen molar-refractivity contribution in [2.75, 3.05) is 31.1 Å². The number of rotatable bonds is 3. The van der Waals surface area contributed by atoms with Crippen LogP contribution in [0.25, 0.3) is 0 Å². The Labute approximate surface area is 114 Å². The van der Waals surface area contributed by atoms with Gasteiger partial charge < -0.3 is 10.6 Å². The Kier molecular flexibility index (Phi) is 3.46. The lowest BCUT2D eigenvalue weighted by Crippen LogP contribution is -2.47. The number of anilines is 1. The van der Waals surface area contributed by atoms with Gasteiger partial charge in [0.2, 0.25) is 0 Å². The molecule has 1 aromatic carbocycles. The van der Waals surface area contributed by atoms with E-state index in [1.807, 2.05) is 6.07 Å². The molecular weight excluding hydrogens is 246 g/mol. The molecule has 0 unspecified atom stereocenters. The highest BCUT2D eigenvalue weighted by Gasteiger charge is 2.31. The SMILES string of the molecule is NCc1ccc(N2CCN(C3CC3)CC2)cc1Cl. The average Bonchev–Trinajstić information content (AvgIpc) is 3.23. The van der Waals surface area contributed by atoms with E-state index in [2.05, 4.69) is 21.9 Å². The van der Waals surface area contributed by atoms with Gasteiger partial charge in [0.15, 0.2) is 0 Å². The molecule has 0 bridgehead atoms. The first-order valence-corrected chi connectivity index (χ1v) is 7.13. The minimum atomic E-state index is 0.509. The van der Waals surface area contributed by atoms with Crippen molar-refractivity contribution in [1.29, 1.82) is 0 Å². The zero-order chi connectivity index (χ0) is 12.5. The number of hydrogen-bond acceptors (Lipinski definition) is 3. The quantitative estimate of drug-likeness (QED) is 0.908. The Morgan fingerprint density at radius 3 is 2.44 bits per heavy atom. The normalized spacial score (nSPS) is 21.3. The van der Waals surface area contributed by atoms with Gasteiger partial charge in [-0.05, 0) is 30.5 Å². The Balaban J connectivity index is 1.66. The molecule has 0 aromatic heterocycles. The van der Waals surface area contributed by atoms with Crippen LogP contribution in [-0.2, 0) is 6.54 Å². The zero-order valence-corrected chi connectivity index (χ0v) is 11.4. The third kappa shape index (κ3) is 2.48. The van der Waals surface area contributed by atoms with E-state index in [0.717, 1.165) is 29.7 Å². The maximum atomic E-state index is 6.22. The molecule has 0 radical (unpaired) electrons. The molecule has 1 saturated heterocycles. The summed E-state index contributed by atoms with van der Waals surface area (Å²) >= 11 is 6.22. The summed E-state index contributed by atoms with van der Waals surface area (Å²) in [6.45, 7) is 5.08. The van der Waals surface area contributed by atoms with Gasteiger partial charge in [0.25, 0.3) is 0 Å². The molecule has 0 atom stereocenters. The van der Waals surface area contributed by atoms with Crippen LogP contribution in [-0.4, -0.2) is 37.1 Å². The molecule has 2 fully saturated rings. The van der Waals surface area contributed by atoms with E-state index in [4.69, 9.17) is 17.3 Å². The van der Waals surface area contributed by atoms with Gasteiger partial charge in [0.05, 0.1) is 0 Å². The van der Waals surface area contributed by atoms with E-state index in [1.165, 1.54) is 31.6 Å². The first-order valence-electron chi connectivity index (χ1n) is 6.75. The number of benzene rings is 1. The summed E-state index contributed by atoms with van der Waals surface area (Å²) in [5.74, 6) is 0. The fraction of sp³-hybridized carbons (Fsp3) is 0.571. The second-order valence-corrected chi connectivity index (χ2v) is 5.64. The van der Waals surface area contributed by atoms with Crippen molar-refractivity contribution in [3.05, 3.63) is 28.8 Å². The fourth-order valence-corrected chi connectivity index (χ4v) is 2.94. The van der Waals surface area contributed by atoms with Crippen molar-refractivity contribution in [2.24, 2.45) is 5.73 Å². The lowest BCUT2D eigenvalue weighted by Gasteiger charge is -2.36. The Hall–Kier alpha value is -0.770. The third-order valence-corrected chi connectivity index (χ3v) is 4.35. The molecule has 1 aliphatic heterocycles. The summed E-state index contributed by atoms with van der Waals surface area (Å²) in [6.07, 6.45) is 2.80. The Morgan fingerprint density at radius 2 is 1.89 bits per heavy atom. The van der Waals surface area contributed by atoms with Crippen LogP contribution in [0.4, 0.5) is 5.69 Å². The summed E-state index contributed by atoms with van der Waals surface area (Å²) in [4.78, 5) is 5.04. The van der Waals surface area contributed by atoms with Crippen LogP contribution < -0.4 is 10.6 Å². The predicted molar refractivity (Wildman–Crippen MR) is 76.2 cm³/mol. The second-order valence-electron chi connectivity index (χ2n) is 5.23. The highest BCUT2D eigenvalue weighted by atomic mass is 35.5. The van der Waals surface area contributed by atoms with Crippen molar-refractivity contribution in [3.8, 4) is 0 Å². The van der Waals surface area contributed by atoms with E-state index < -0.39 is 0 Å². The largest absolute Gasteiger partial charge is 0.369 e. The van der Waals surface area contributed by atoms with E-state index in [9.17, 15) is 0 Å². The monoisotopic (exact) mass is 265 g/mol. The lowest BCUT2D eigenvalue weighted by atomic mass is 10.1. The number of nitrogens with two attached hydrogens (primary N) is 1. The molecule has 18 heavy (non-hydrogen) atoms. The molecule has 98 valence electrons. The molecule has 1 aromatic rings. The molecule has 3 rings (SSSR count). The molecule has 2 aliphatic rings. The minimum Gasteiger partial charge on any atom is -0.369 e. The molecule has 0 amide bonds. The predicted octanol–water partition coefficient (Wildman–Crippen LogP) is 2.08. The molecule has 0 spiro atoms. The van der Waals surface area contributed by atoms with Crippen molar-refractivity contribution in [2.45, 2.75) is 25.4 Å². The van der Waals surface area contributed by atoms with Gasteiger partial charge in [-0.1, -0.05) is 17.7 Å². The molecular formula is C14H20ClN3. The van der Waals surface area contributed by atoms with Crippen LogP contribution >= 0.6 is 11.6 Å². The van der Waals surface area contributed by atoms with Crippen LogP contribution in [0.1, 0.15) is 18.4 Å². The first-order chi connectivity index (χ1) is 8.78. The highest BCUT2D eigenvalue weighted by molar-refractivity contribution is 6.31. The van der Waals surface area contributed by atoms with E-state index in [0.29, 0.717) is 6.54 Å². The zero-order valence-electron chi connectivity index (χ0n) is 10.6. The van der Waals surface area contributed by atoms with E-state index in [1.54, 1.807) is 0 Å². The second kappa shape index (κ2) is 5.08. The molecule has 2 N–H and O–H groups in total. The molecule has 1 saturated carbocycles. The summed E-state index contributed by atoms with van der Waals surface area (Å²) in [5, 5.41) is 0.791. The van der Waals surface area contributed by atoms with Gasteiger partial charge in [-0.3, -0.25) is 4.90 Å². The fourth-order valence-electron chi connectivity index (χ4n) is 2.68. The number of hydrogen-bond donors (Lipinski definition) is 1. The van der Waals surface area contributed by atoms with Crippen LogP contribution in [0, 0.1) is 0 Å². The average molecular weight is 266 g/mol. The van der Waals surface area contributed by atoms with Gasteiger partial charge in [-0.2, -0.15) is 0 Å². The van der Waals surface area contributed by atoms with Gasteiger partial charge in [-0.15, -0.1) is 0 Å². The van der Waals surface area contributed by atoms with Crippen molar-refractivity contribution in [1.82, 2.24) is 4.90 Å². The van der Waals surface area contributed by atoms with Crippen molar-refractivity contribution in [3.63, 3.8) is 0 Å². The van der Waals surface area contributed by atoms with Gasteiger partial charge in [0, 0.05) is 49.5 Å². The topological polar surface area (TPSA) is 32.5 Å². The van der Waals surface area contributed by atoms with Gasteiger partial charge >= 0.3 is 0 Å². The van der Waals surface area contributed by atoms with Crippen molar-refractivity contribution >= 4 is 17.3 Å². The summed E-state index contributed by atoms with van der Waals surface area (Å²) in [7, 11) is 0. The highest BCUT2D eigenvalue weighted by Crippen LogP contribution is 2.29. The Morgan fingerprint density at radius 1 is 1.17 bits per heavy atom. The maximum absolute atomic E-state index is 6.22. The van der Waals surface area contributed by atoms with Crippen LogP contribution in [0.15, 0.2) is 18.2 Å². The number of halogens is 1. The summed E-state index contributed by atoms with van der Waals surface area (Å²) < 4.78 is 0. The maximum Gasteiger partial charge on any atom is 0.0471 e. The first kappa shape index (κ1) is 12.3.